The molecule has 0 heterocycles. The smallest absolute Gasteiger partial charge is 0.293 e. The molecule has 0 aromatic heterocycles. The lowest BCUT2D eigenvalue weighted by atomic mass is 9.75. The van der Waals surface area contributed by atoms with E-state index in [0.717, 1.165) is 25.7 Å². The molecule has 0 aliphatic heterocycles. The van der Waals surface area contributed by atoms with E-state index in [1.165, 1.54) is 12.8 Å². The monoisotopic (exact) mass is 429 g/mol. The van der Waals surface area contributed by atoms with Crippen molar-refractivity contribution in [1.29, 1.82) is 0 Å². The van der Waals surface area contributed by atoms with Crippen LogP contribution in [0.4, 0.5) is 0 Å². The van der Waals surface area contributed by atoms with Crippen molar-refractivity contribution in [2.75, 3.05) is 0 Å². The summed E-state index contributed by atoms with van der Waals surface area (Å²) >= 11 is 0. The first kappa shape index (κ1) is 25.4. The van der Waals surface area contributed by atoms with E-state index in [1.807, 2.05) is 20.8 Å². The summed E-state index contributed by atoms with van der Waals surface area (Å²) < 4.78 is 27.1. The van der Waals surface area contributed by atoms with Crippen LogP contribution in [0.25, 0.3) is 0 Å². The highest BCUT2D eigenvalue weighted by Gasteiger charge is 2.43. The van der Waals surface area contributed by atoms with Gasteiger partial charge in [-0.15, -0.1) is 0 Å². The molecule has 29 heavy (non-hydrogen) atoms. The standard InChI is InChI=1S/C24H48NO3P/c1-16(2)20-12-10-18(5)14-22(20)27-29(26,25-24(7,8)9)28-23-15-19(6)11-13-21(23)17(3)4/h16-23H,10-15H2,1-9H3,(H,25,26)/t18-,19-,20-,21+,22-,23-,29?/m1/s1. The van der Waals surface area contributed by atoms with Gasteiger partial charge in [0.15, 0.2) is 0 Å². The molecule has 0 saturated heterocycles. The number of nitrogens with one attached hydrogen (secondary N) is 1. The van der Waals surface area contributed by atoms with Gasteiger partial charge in [-0.1, -0.05) is 54.4 Å². The summed E-state index contributed by atoms with van der Waals surface area (Å²) in [6.45, 7) is 19.7. The van der Waals surface area contributed by atoms with Crippen LogP contribution in [0.5, 0.6) is 0 Å². The van der Waals surface area contributed by atoms with Crippen LogP contribution < -0.4 is 5.09 Å². The minimum Gasteiger partial charge on any atom is -0.293 e. The van der Waals surface area contributed by atoms with Crippen LogP contribution in [0, 0.1) is 35.5 Å². The Morgan fingerprint density at radius 3 is 1.48 bits per heavy atom. The molecule has 2 saturated carbocycles. The molecule has 0 radical (unpaired) electrons. The topological polar surface area (TPSA) is 47.6 Å². The van der Waals surface area contributed by atoms with E-state index < -0.39 is 7.75 Å². The van der Waals surface area contributed by atoms with Crippen LogP contribution in [-0.4, -0.2) is 17.7 Å². The van der Waals surface area contributed by atoms with E-state index in [4.69, 9.17) is 9.05 Å². The average Bonchev–Trinajstić information content (AvgIpc) is 2.51. The molecule has 172 valence electrons. The maximum absolute atomic E-state index is 14.2. The molecule has 5 heteroatoms. The Bertz CT molecular complexity index is 519. The zero-order chi connectivity index (χ0) is 22.0. The van der Waals surface area contributed by atoms with Crippen LogP contribution in [0.3, 0.4) is 0 Å². The third kappa shape index (κ3) is 7.63. The summed E-state index contributed by atoms with van der Waals surface area (Å²) in [6.07, 6.45) is 6.69. The molecule has 0 aromatic carbocycles. The molecular formula is C24H48NO3P. The van der Waals surface area contributed by atoms with Gasteiger partial charge in [-0.2, -0.15) is 0 Å². The summed E-state index contributed by atoms with van der Waals surface area (Å²) in [6, 6.07) is 0. The fourth-order valence-electron chi connectivity index (χ4n) is 5.32. The molecule has 0 bridgehead atoms. The Morgan fingerprint density at radius 1 is 0.793 bits per heavy atom. The van der Waals surface area contributed by atoms with Crippen LogP contribution >= 0.6 is 7.75 Å². The Balaban J connectivity index is 2.25. The predicted molar refractivity (Wildman–Crippen MR) is 123 cm³/mol. The number of rotatable bonds is 7. The van der Waals surface area contributed by atoms with E-state index in [-0.39, 0.29) is 17.7 Å². The summed E-state index contributed by atoms with van der Waals surface area (Å²) in [5.74, 6) is 3.14. The van der Waals surface area contributed by atoms with E-state index in [1.54, 1.807) is 0 Å². The molecule has 2 rings (SSSR count). The maximum atomic E-state index is 14.2. The Kier molecular flexibility index (Phi) is 8.88. The molecule has 0 spiro atoms. The molecule has 4 nitrogen and oxygen atoms in total. The second kappa shape index (κ2) is 10.2. The van der Waals surface area contributed by atoms with E-state index in [0.29, 0.717) is 35.5 Å². The average molecular weight is 430 g/mol. The van der Waals surface area contributed by atoms with Crippen molar-refractivity contribution in [3.63, 3.8) is 0 Å². The van der Waals surface area contributed by atoms with Crippen molar-refractivity contribution in [2.45, 2.75) is 119 Å². The third-order valence-corrected chi connectivity index (χ3v) is 8.98. The minimum absolute atomic E-state index is 0.00190. The second-order valence-corrected chi connectivity index (χ2v) is 13.4. The van der Waals surface area contributed by atoms with Gasteiger partial charge >= 0.3 is 7.75 Å². The Labute approximate surface area is 180 Å². The fourth-order valence-corrected chi connectivity index (χ4v) is 7.49. The predicted octanol–water partition coefficient (Wildman–Crippen LogP) is 7.44. The maximum Gasteiger partial charge on any atom is 0.406 e. The van der Waals surface area contributed by atoms with Crippen molar-refractivity contribution in [3.05, 3.63) is 0 Å². The van der Waals surface area contributed by atoms with Gasteiger partial charge in [0.25, 0.3) is 0 Å². The molecule has 0 amide bonds. The molecule has 0 aromatic rings. The molecular weight excluding hydrogens is 381 g/mol. The third-order valence-electron chi connectivity index (χ3n) is 6.94. The van der Waals surface area contributed by atoms with Crippen LogP contribution in [-0.2, 0) is 13.6 Å². The Morgan fingerprint density at radius 2 is 1.17 bits per heavy atom. The summed E-state index contributed by atoms with van der Waals surface area (Å²) in [5, 5.41) is 3.29. The molecule has 2 fully saturated rings. The van der Waals surface area contributed by atoms with Gasteiger partial charge < -0.3 is 0 Å². The molecule has 1 N–H and O–H groups in total. The summed E-state index contributed by atoms with van der Waals surface area (Å²) in [4.78, 5) is 0. The zero-order valence-corrected chi connectivity index (χ0v) is 21.4. The first-order chi connectivity index (χ1) is 13.3. The SMILES string of the molecule is CC(C)[C@H]1CC[C@@H](C)C[C@H]1OP(=O)(NC(C)(C)C)O[C@@H]1C[C@H](C)CC[C@H]1C(C)C. The highest BCUT2D eigenvalue weighted by atomic mass is 31.2. The molecule has 2 aliphatic carbocycles. The van der Waals surface area contributed by atoms with Gasteiger partial charge in [0.05, 0.1) is 12.2 Å². The molecule has 7 atom stereocenters. The second-order valence-electron chi connectivity index (χ2n) is 11.8. The van der Waals surface area contributed by atoms with Gasteiger partial charge in [0.2, 0.25) is 0 Å². The van der Waals surface area contributed by atoms with E-state index in [9.17, 15) is 4.57 Å². The van der Waals surface area contributed by atoms with Crippen molar-refractivity contribution in [3.8, 4) is 0 Å². The highest BCUT2D eigenvalue weighted by Crippen LogP contribution is 2.54. The normalized spacial score (nSPS) is 36.4. The zero-order valence-electron chi connectivity index (χ0n) is 20.5. The fraction of sp³-hybridized carbons (Fsp3) is 1.00. The van der Waals surface area contributed by atoms with Gasteiger partial charge in [0, 0.05) is 5.54 Å². The quantitative estimate of drug-likeness (QED) is 0.427. The van der Waals surface area contributed by atoms with Crippen molar-refractivity contribution in [2.24, 2.45) is 35.5 Å². The first-order valence-corrected chi connectivity index (χ1v) is 13.6. The molecule has 2 aliphatic rings. The lowest BCUT2D eigenvalue weighted by Crippen LogP contribution is -2.42. The number of hydrogen-bond acceptors (Lipinski definition) is 3. The molecule has 1 unspecified atom stereocenters. The van der Waals surface area contributed by atoms with Gasteiger partial charge in [0.1, 0.15) is 0 Å². The lowest BCUT2D eigenvalue weighted by Gasteiger charge is -2.42. The minimum atomic E-state index is -3.43. The summed E-state index contributed by atoms with van der Waals surface area (Å²) in [5.41, 5.74) is -0.337. The largest absolute Gasteiger partial charge is 0.406 e. The lowest BCUT2D eigenvalue weighted by molar-refractivity contribution is -0.00819. The first-order valence-electron chi connectivity index (χ1n) is 12.1. The Hall–Kier alpha value is 0.110. The van der Waals surface area contributed by atoms with Crippen molar-refractivity contribution in [1.82, 2.24) is 5.09 Å². The van der Waals surface area contributed by atoms with Gasteiger partial charge in [-0.25, -0.2) is 9.65 Å². The van der Waals surface area contributed by atoms with E-state index >= 15 is 0 Å². The van der Waals surface area contributed by atoms with Crippen LogP contribution in [0.1, 0.15) is 101 Å². The van der Waals surface area contributed by atoms with Crippen LogP contribution in [0.2, 0.25) is 0 Å². The highest BCUT2D eigenvalue weighted by molar-refractivity contribution is 7.51. The van der Waals surface area contributed by atoms with Crippen molar-refractivity contribution >= 4 is 7.75 Å². The van der Waals surface area contributed by atoms with E-state index in [2.05, 4.69) is 46.6 Å². The van der Waals surface area contributed by atoms with Crippen molar-refractivity contribution < 1.29 is 13.6 Å². The van der Waals surface area contributed by atoms with Gasteiger partial charge in [-0.3, -0.25) is 9.05 Å². The summed E-state index contributed by atoms with van der Waals surface area (Å²) in [7, 11) is -3.43. The number of hydrogen-bond donors (Lipinski definition) is 1. The van der Waals surface area contributed by atoms with Crippen LogP contribution in [0.15, 0.2) is 0 Å². The van der Waals surface area contributed by atoms with Gasteiger partial charge in [-0.05, 0) is 82.0 Å².